The molecule has 0 atom stereocenters. The van der Waals surface area contributed by atoms with Gasteiger partial charge in [0.1, 0.15) is 0 Å². The summed E-state index contributed by atoms with van der Waals surface area (Å²) in [5.74, 6) is 0.592. The predicted molar refractivity (Wildman–Crippen MR) is 70.3 cm³/mol. The average Bonchev–Trinajstić information content (AvgIpc) is 2.27. The Kier molecular flexibility index (Phi) is 6.00. The van der Waals surface area contributed by atoms with Crippen molar-refractivity contribution in [2.45, 2.75) is 32.8 Å². The maximum absolute atomic E-state index is 5.70. The Hall–Kier alpha value is -1.07. The van der Waals surface area contributed by atoms with Gasteiger partial charge < -0.3 is 15.8 Å². The highest BCUT2D eigenvalue weighted by molar-refractivity contribution is 6.28. The summed E-state index contributed by atoms with van der Waals surface area (Å²) in [7, 11) is 0. The highest BCUT2D eigenvalue weighted by atomic mass is 35.5. The number of hydrogen-bond acceptors (Lipinski definition) is 5. The lowest BCUT2D eigenvalue weighted by molar-refractivity contribution is 0.0765. The fourth-order valence-electron chi connectivity index (χ4n) is 1.26. The summed E-state index contributed by atoms with van der Waals surface area (Å²) in [6, 6.07) is 0. The van der Waals surface area contributed by atoms with Crippen molar-refractivity contribution in [1.29, 1.82) is 0 Å². The van der Waals surface area contributed by atoms with Crippen molar-refractivity contribution in [2.24, 2.45) is 0 Å². The van der Waals surface area contributed by atoms with Crippen molar-refractivity contribution >= 4 is 23.1 Å². The molecule has 0 fully saturated rings. The summed E-state index contributed by atoms with van der Waals surface area (Å²) in [6.07, 6.45) is 3.79. The summed E-state index contributed by atoms with van der Waals surface area (Å²) >= 11 is 5.68. The fourth-order valence-corrected chi connectivity index (χ4v) is 1.40. The molecule has 3 N–H and O–H groups in total. The first-order chi connectivity index (χ1) is 8.09. The SMILES string of the molecule is CC(C)OCCCCNc1nc(Cl)ncc1N. The molecule has 96 valence electrons. The number of unbranched alkanes of at least 4 members (excludes halogenated alkanes) is 1. The molecule has 0 saturated carbocycles. The van der Waals surface area contributed by atoms with E-state index in [4.69, 9.17) is 22.1 Å². The molecule has 0 aliphatic carbocycles. The van der Waals surface area contributed by atoms with E-state index in [0.29, 0.717) is 17.6 Å². The van der Waals surface area contributed by atoms with Crippen LogP contribution in [0, 0.1) is 0 Å². The van der Waals surface area contributed by atoms with Gasteiger partial charge in [0.25, 0.3) is 0 Å². The van der Waals surface area contributed by atoms with Crippen LogP contribution in [0.5, 0.6) is 0 Å². The standard InChI is InChI=1S/C11H19ClN4O/c1-8(2)17-6-4-3-5-14-10-9(13)7-15-11(12)16-10/h7-8H,3-6,13H2,1-2H3,(H,14,15,16). The van der Waals surface area contributed by atoms with Crippen molar-refractivity contribution < 1.29 is 4.74 Å². The van der Waals surface area contributed by atoms with Crippen molar-refractivity contribution in [3.05, 3.63) is 11.5 Å². The van der Waals surface area contributed by atoms with E-state index >= 15 is 0 Å². The van der Waals surface area contributed by atoms with E-state index in [1.54, 1.807) is 0 Å². The second kappa shape index (κ2) is 7.29. The van der Waals surface area contributed by atoms with Crippen molar-refractivity contribution in [3.8, 4) is 0 Å². The Morgan fingerprint density at radius 3 is 2.94 bits per heavy atom. The average molecular weight is 259 g/mol. The number of anilines is 2. The smallest absolute Gasteiger partial charge is 0.224 e. The maximum atomic E-state index is 5.70. The number of halogens is 1. The van der Waals surface area contributed by atoms with Crippen LogP contribution in [-0.4, -0.2) is 29.2 Å². The molecule has 0 amide bonds. The van der Waals surface area contributed by atoms with Crippen molar-refractivity contribution in [2.75, 3.05) is 24.2 Å². The van der Waals surface area contributed by atoms with Crippen LogP contribution in [0.3, 0.4) is 0 Å². The molecule has 1 heterocycles. The number of nitrogen functional groups attached to an aromatic ring is 1. The van der Waals surface area contributed by atoms with Crippen molar-refractivity contribution in [3.63, 3.8) is 0 Å². The minimum Gasteiger partial charge on any atom is -0.394 e. The molecular formula is C11H19ClN4O. The summed E-state index contributed by atoms with van der Waals surface area (Å²) in [6.45, 7) is 5.63. The molecule has 0 aliphatic heterocycles. The van der Waals surface area contributed by atoms with Crippen LogP contribution in [0.25, 0.3) is 0 Å². The van der Waals surface area contributed by atoms with Gasteiger partial charge in [-0.25, -0.2) is 4.98 Å². The molecule has 17 heavy (non-hydrogen) atoms. The van der Waals surface area contributed by atoms with Crippen LogP contribution in [0.2, 0.25) is 5.28 Å². The lowest BCUT2D eigenvalue weighted by atomic mass is 10.3. The third-order valence-corrected chi connectivity index (χ3v) is 2.28. The summed E-state index contributed by atoms with van der Waals surface area (Å²) < 4.78 is 5.44. The van der Waals surface area contributed by atoms with E-state index in [0.717, 1.165) is 26.0 Å². The lowest BCUT2D eigenvalue weighted by Crippen LogP contribution is -2.09. The molecule has 1 rings (SSSR count). The van der Waals surface area contributed by atoms with E-state index in [1.807, 2.05) is 13.8 Å². The zero-order chi connectivity index (χ0) is 12.7. The number of nitrogens with one attached hydrogen (secondary N) is 1. The maximum Gasteiger partial charge on any atom is 0.224 e. The number of aromatic nitrogens is 2. The molecule has 0 spiro atoms. The predicted octanol–water partition coefficient (Wildman–Crippen LogP) is 2.33. The molecular weight excluding hydrogens is 240 g/mol. The largest absolute Gasteiger partial charge is 0.394 e. The van der Waals surface area contributed by atoms with Gasteiger partial charge in [-0.15, -0.1) is 0 Å². The molecule has 0 saturated heterocycles. The molecule has 0 bridgehead atoms. The molecule has 5 nitrogen and oxygen atoms in total. The highest BCUT2D eigenvalue weighted by Gasteiger charge is 2.02. The second-order valence-electron chi connectivity index (χ2n) is 4.00. The summed E-state index contributed by atoms with van der Waals surface area (Å²) in [5, 5.41) is 3.32. The van der Waals surface area contributed by atoms with Crippen LogP contribution in [-0.2, 0) is 4.74 Å². The number of nitrogens with two attached hydrogens (primary N) is 1. The van der Waals surface area contributed by atoms with Gasteiger partial charge in [0.15, 0.2) is 5.82 Å². The molecule has 0 aromatic carbocycles. The van der Waals surface area contributed by atoms with E-state index in [-0.39, 0.29) is 5.28 Å². The van der Waals surface area contributed by atoms with Crippen LogP contribution < -0.4 is 11.1 Å². The van der Waals surface area contributed by atoms with Crippen LogP contribution in [0.1, 0.15) is 26.7 Å². The van der Waals surface area contributed by atoms with E-state index in [2.05, 4.69) is 15.3 Å². The van der Waals surface area contributed by atoms with Gasteiger partial charge >= 0.3 is 0 Å². The van der Waals surface area contributed by atoms with Gasteiger partial charge in [0.2, 0.25) is 5.28 Å². The third kappa shape index (κ3) is 5.70. The van der Waals surface area contributed by atoms with Gasteiger partial charge in [0, 0.05) is 13.2 Å². The summed E-state index contributed by atoms with van der Waals surface area (Å²) in [5.41, 5.74) is 6.21. The number of nitrogens with zero attached hydrogens (tertiary/aromatic N) is 2. The third-order valence-electron chi connectivity index (χ3n) is 2.10. The minimum absolute atomic E-state index is 0.199. The van der Waals surface area contributed by atoms with E-state index in [1.165, 1.54) is 6.20 Å². The molecule has 0 unspecified atom stereocenters. The highest BCUT2D eigenvalue weighted by Crippen LogP contribution is 2.15. The normalized spacial score (nSPS) is 10.8. The topological polar surface area (TPSA) is 73.1 Å². The molecule has 0 aliphatic rings. The second-order valence-corrected chi connectivity index (χ2v) is 4.33. The van der Waals surface area contributed by atoms with Gasteiger partial charge in [-0.3, -0.25) is 0 Å². The monoisotopic (exact) mass is 258 g/mol. The zero-order valence-electron chi connectivity index (χ0n) is 10.2. The van der Waals surface area contributed by atoms with Gasteiger partial charge in [-0.05, 0) is 38.3 Å². The Morgan fingerprint density at radius 2 is 2.24 bits per heavy atom. The zero-order valence-corrected chi connectivity index (χ0v) is 11.0. The first-order valence-corrected chi connectivity index (χ1v) is 6.11. The van der Waals surface area contributed by atoms with Crippen LogP contribution in [0.4, 0.5) is 11.5 Å². The van der Waals surface area contributed by atoms with Crippen molar-refractivity contribution in [1.82, 2.24) is 9.97 Å². The van der Waals surface area contributed by atoms with Gasteiger partial charge in [-0.2, -0.15) is 4.98 Å². The Bertz CT molecular complexity index is 346. The van der Waals surface area contributed by atoms with Crippen LogP contribution >= 0.6 is 11.6 Å². The Labute approximate surface area is 107 Å². The minimum atomic E-state index is 0.199. The molecule has 6 heteroatoms. The lowest BCUT2D eigenvalue weighted by Gasteiger charge is -2.09. The number of hydrogen-bond donors (Lipinski definition) is 2. The fraction of sp³-hybridized carbons (Fsp3) is 0.636. The Balaban J connectivity index is 2.20. The van der Waals surface area contributed by atoms with E-state index in [9.17, 15) is 0 Å². The first kappa shape index (κ1) is 14.0. The van der Waals surface area contributed by atoms with Crippen LogP contribution in [0.15, 0.2) is 6.20 Å². The van der Waals surface area contributed by atoms with Gasteiger partial charge in [-0.1, -0.05) is 0 Å². The molecule has 0 radical (unpaired) electrons. The number of rotatable bonds is 7. The molecule has 1 aromatic rings. The first-order valence-electron chi connectivity index (χ1n) is 5.73. The van der Waals surface area contributed by atoms with E-state index < -0.39 is 0 Å². The summed E-state index contributed by atoms with van der Waals surface area (Å²) in [4.78, 5) is 7.79. The number of ether oxygens (including phenoxy) is 1. The Morgan fingerprint density at radius 1 is 1.47 bits per heavy atom. The quantitative estimate of drug-likeness (QED) is 0.580. The van der Waals surface area contributed by atoms with Gasteiger partial charge in [0.05, 0.1) is 18.0 Å². The molecule has 1 aromatic heterocycles.